The summed E-state index contributed by atoms with van der Waals surface area (Å²) in [6.45, 7) is 2.16. The summed E-state index contributed by atoms with van der Waals surface area (Å²) in [4.78, 5) is 10.8. The molecule has 0 saturated carbocycles. The molecule has 0 aromatic heterocycles. The van der Waals surface area contributed by atoms with Gasteiger partial charge in [-0.05, 0) is 41.5 Å². The number of hydrogen-bond acceptors (Lipinski definition) is 3. The summed E-state index contributed by atoms with van der Waals surface area (Å²) in [5, 5.41) is 14.7. The van der Waals surface area contributed by atoms with E-state index in [0.29, 0.717) is 5.92 Å². The highest BCUT2D eigenvalue weighted by Crippen LogP contribution is 2.50. The van der Waals surface area contributed by atoms with Crippen molar-refractivity contribution in [2.75, 3.05) is 5.32 Å². The monoisotopic (exact) mass is 320 g/mol. The zero-order valence-electron chi connectivity index (χ0n) is 13.6. The highest BCUT2D eigenvalue weighted by Gasteiger charge is 2.38. The number of hydrogen-bond donors (Lipinski definition) is 1. The summed E-state index contributed by atoms with van der Waals surface area (Å²) >= 11 is 0. The molecule has 4 heteroatoms. The van der Waals surface area contributed by atoms with Crippen LogP contribution >= 0.6 is 0 Å². The average Bonchev–Trinajstić information content (AvgIpc) is 3.10. The van der Waals surface area contributed by atoms with Crippen LogP contribution in [0, 0.1) is 16.0 Å². The summed E-state index contributed by atoms with van der Waals surface area (Å²) in [6.07, 6.45) is 6.46. The van der Waals surface area contributed by atoms with E-state index in [4.69, 9.17) is 0 Å². The fourth-order valence-corrected chi connectivity index (χ4v) is 3.99. The Kier molecular flexibility index (Phi) is 3.60. The minimum Gasteiger partial charge on any atom is -0.378 e. The predicted octanol–water partition coefficient (Wildman–Crippen LogP) is 4.98. The summed E-state index contributed by atoms with van der Waals surface area (Å²) < 4.78 is 0. The van der Waals surface area contributed by atoms with E-state index in [2.05, 4.69) is 48.7 Å². The summed E-state index contributed by atoms with van der Waals surface area (Å²) in [6, 6.07) is 14.2. The van der Waals surface area contributed by atoms with Crippen molar-refractivity contribution < 1.29 is 4.92 Å². The lowest BCUT2D eigenvalue weighted by molar-refractivity contribution is -0.384. The van der Waals surface area contributed by atoms with Gasteiger partial charge in [-0.2, -0.15) is 0 Å². The van der Waals surface area contributed by atoms with Gasteiger partial charge in [0.1, 0.15) is 0 Å². The fourth-order valence-electron chi connectivity index (χ4n) is 3.99. The Labute approximate surface area is 141 Å². The molecule has 1 N–H and O–H groups in total. The normalized spacial score (nSPS) is 24.1. The van der Waals surface area contributed by atoms with Crippen LogP contribution in [0.15, 0.2) is 54.6 Å². The zero-order valence-corrected chi connectivity index (χ0v) is 13.6. The molecule has 1 aliphatic heterocycles. The van der Waals surface area contributed by atoms with Crippen LogP contribution in [0.25, 0.3) is 0 Å². The smallest absolute Gasteiger partial charge is 0.269 e. The molecule has 1 heterocycles. The van der Waals surface area contributed by atoms with Gasteiger partial charge in [-0.25, -0.2) is 0 Å². The Morgan fingerprint density at radius 3 is 2.71 bits per heavy atom. The Morgan fingerprint density at radius 2 is 2.00 bits per heavy atom. The van der Waals surface area contributed by atoms with Gasteiger partial charge in [-0.3, -0.25) is 10.1 Å². The predicted molar refractivity (Wildman–Crippen MR) is 95.3 cm³/mol. The number of aryl methyl sites for hydroxylation is 1. The number of nitro groups is 1. The number of anilines is 1. The van der Waals surface area contributed by atoms with Crippen molar-refractivity contribution in [2.24, 2.45) is 5.92 Å². The minimum atomic E-state index is -0.316. The highest BCUT2D eigenvalue weighted by molar-refractivity contribution is 5.62. The van der Waals surface area contributed by atoms with Gasteiger partial charge in [0.25, 0.3) is 5.69 Å². The van der Waals surface area contributed by atoms with Gasteiger partial charge in [0.2, 0.25) is 0 Å². The molecule has 4 nitrogen and oxygen atoms in total. The van der Waals surface area contributed by atoms with Crippen molar-refractivity contribution in [3.63, 3.8) is 0 Å². The molecule has 0 amide bonds. The van der Waals surface area contributed by atoms with Gasteiger partial charge in [-0.1, -0.05) is 43.3 Å². The highest BCUT2D eigenvalue weighted by atomic mass is 16.6. The Balaban J connectivity index is 1.73. The topological polar surface area (TPSA) is 55.2 Å². The van der Waals surface area contributed by atoms with Crippen molar-refractivity contribution >= 4 is 11.4 Å². The third-order valence-electron chi connectivity index (χ3n) is 5.30. The molecule has 2 aromatic carbocycles. The van der Waals surface area contributed by atoms with Crippen LogP contribution in [-0.2, 0) is 6.42 Å². The van der Waals surface area contributed by atoms with Gasteiger partial charge in [-0.15, -0.1) is 0 Å². The summed E-state index contributed by atoms with van der Waals surface area (Å²) in [5.41, 5.74) is 4.85. The van der Waals surface area contributed by atoms with E-state index in [9.17, 15) is 10.1 Å². The SMILES string of the molecule is CCc1ccc([C@@H]2Nc3ccc([N+](=O)[O-])cc3[C@H]3C=CC[C@H]32)cc1. The van der Waals surface area contributed by atoms with Crippen LogP contribution in [0.5, 0.6) is 0 Å². The first kappa shape index (κ1) is 14.9. The van der Waals surface area contributed by atoms with Gasteiger partial charge in [0.05, 0.1) is 11.0 Å². The molecule has 122 valence electrons. The molecular weight excluding hydrogens is 300 g/mol. The zero-order chi connectivity index (χ0) is 16.7. The molecule has 2 aromatic rings. The van der Waals surface area contributed by atoms with E-state index >= 15 is 0 Å². The number of allylic oxidation sites excluding steroid dienone is 2. The Hall–Kier alpha value is -2.62. The van der Waals surface area contributed by atoms with Crippen LogP contribution in [0.3, 0.4) is 0 Å². The van der Waals surface area contributed by atoms with Gasteiger partial charge in [0.15, 0.2) is 0 Å². The van der Waals surface area contributed by atoms with Crippen molar-refractivity contribution in [3.05, 3.63) is 81.4 Å². The molecule has 1 aliphatic carbocycles. The first-order valence-corrected chi connectivity index (χ1v) is 8.47. The second kappa shape index (κ2) is 5.78. The first-order valence-electron chi connectivity index (χ1n) is 8.47. The number of rotatable bonds is 3. The van der Waals surface area contributed by atoms with E-state index in [0.717, 1.165) is 24.1 Å². The standard InChI is InChI=1S/C20H20N2O2/c1-2-13-6-8-14(9-7-13)20-17-5-3-4-16(17)18-12-15(22(23)24)10-11-19(18)21-20/h3-4,6-12,16-17,20-21H,2,5H2,1H3/t16-,17+,20-/m0/s1. The number of nitrogens with one attached hydrogen (secondary N) is 1. The second-order valence-electron chi connectivity index (χ2n) is 6.60. The third-order valence-corrected chi connectivity index (χ3v) is 5.30. The molecule has 0 bridgehead atoms. The molecule has 0 spiro atoms. The Morgan fingerprint density at radius 1 is 1.21 bits per heavy atom. The minimum absolute atomic E-state index is 0.167. The van der Waals surface area contributed by atoms with E-state index in [1.54, 1.807) is 12.1 Å². The van der Waals surface area contributed by atoms with Crippen molar-refractivity contribution in [2.45, 2.75) is 31.7 Å². The average molecular weight is 320 g/mol. The number of fused-ring (bicyclic) bond motifs is 3. The van der Waals surface area contributed by atoms with Crippen molar-refractivity contribution in [1.82, 2.24) is 0 Å². The maximum Gasteiger partial charge on any atom is 0.269 e. The van der Waals surface area contributed by atoms with Gasteiger partial charge < -0.3 is 5.32 Å². The Bertz CT molecular complexity index is 811. The third kappa shape index (κ3) is 2.39. The summed E-state index contributed by atoms with van der Waals surface area (Å²) in [5.74, 6) is 0.656. The van der Waals surface area contributed by atoms with Crippen LogP contribution in [0.1, 0.15) is 42.0 Å². The molecule has 4 rings (SSSR count). The van der Waals surface area contributed by atoms with E-state index in [-0.39, 0.29) is 22.6 Å². The number of non-ortho nitro benzene ring substituents is 1. The van der Waals surface area contributed by atoms with Crippen LogP contribution < -0.4 is 5.32 Å². The lowest BCUT2D eigenvalue weighted by atomic mass is 9.77. The summed E-state index contributed by atoms with van der Waals surface area (Å²) in [7, 11) is 0. The molecule has 0 unspecified atom stereocenters. The largest absolute Gasteiger partial charge is 0.378 e. The lowest BCUT2D eigenvalue weighted by Gasteiger charge is -2.37. The molecule has 24 heavy (non-hydrogen) atoms. The molecule has 2 aliphatic rings. The van der Waals surface area contributed by atoms with Gasteiger partial charge >= 0.3 is 0 Å². The van der Waals surface area contributed by atoms with Crippen LogP contribution in [0.4, 0.5) is 11.4 Å². The molecular formula is C20H20N2O2. The molecule has 0 saturated heterocycles. The second-order valence-corrected chi connectivity index (χ2v) is 6.60. The van der Waals surface area contributed by atoms with E-state index in [1.807, 2.05) is 6.07 Å². The molecule has 3 atom stereocenters. The van der Waals surface area contributed by atoms with Crippen LogP contribution in [-0.4, -0.2) is 4.92 Å². The molecule has 0 fully saturated rings. The maximum atomic E-state index is 11.1. The lowest BCUT2D eigenvalue weighted by Crippen LogP contribution is -2.29. The van der Waals surface area contributed by atoms with Crippen molar-refractivity contribution in [1.29, 1.82) is 0 Å². The molecule has 0 radical (unpaired) electrons. The van der Waals surface area contributed by atoms with Crippen molar-refractivity contribution in [3.8, 4) is 0 Å². The van der Waals surface area contributed by atoms with E-state index in [1.165, 1.54) is 11.1 Å². The number of benzene rings is 2. The van der Waals surface area contributed by atoms with Crippen LogP contribution in [0.2, 0.25) is 0 Å². The quantitative estimate of drug-likeness (QED) is 0.493. The number of nitro benzene ring substituents is 1. The fraction of sp³-hybridized carbons (Fsp3) is 0.300. The first-order chi connectivity index (χ1) is 11.7. The maximum absolute atomic E-state index is 11.1. The van der Waals surface area contributed by atoms with E-state index < -0.39 is 0 Å². The number of nitrogens with zero attached hydrogens (tertiary/aromatic N) is 1. The van der Waals surface area contributed by atoms with Gasteiger partial charge in [0, 0.05) is 23.7 Å².